The molecule has 3 rings (SSSR count). The molecule has 1 heterocycles. The maximum absolute atomic E-state index is 13.2. The van der Waals surface area contributed by atoms with Crippen molar-refractivity contribution >= 4 is 40.7 Å². The molecular weight excluding hydrogens is 364 g/mol. The molecule has 0 unspecified atom stereocenters. The lowest BCUT2D eigenvalue weighted by Crippen LogP contribution is -2.08. The molecule has 8 heteroatoms. The minimum absolute atomic E-state index is 0.0220. The maximum atomic E-state index is 13.2. The number of halogens is 3. The Balaban J connectivity index is 1.60. The summed E-state index contributed by atoms with van der Waals surface area (Å²) < 4.78 is 13.2. The number of nitrogens with one attached hydrogen (secondary N) is 2. The SMILES string of the molecule is Fc1ccc(Nc2nncc(NCCc3cccc(Cl)c3)n2)cc1Cl. The average molecular weight is 378 g/mol. The summed E-state index contributed by atoms with van der Waals surface area (Å²) >= 11 is 11.7. The second kappa shape index (κ2) is 8.09. The summed E-state index contributed by atoms with van der Waals surface area (Å²) in [6.07, 6.45) is 2.32. The number of anilines is 3. The molecule has 2 N–H and O–H groups in total. The van der Waals surface area contributed by atoms with Gasteiger partial charge in [-0.2, -0.15) is 10.1 Å². The van der Waals surface area contributed by atoms with Crippen molar-refractivity contribution in [3.05, 3.63) is 70.1 Å². The zero-order valence-corrected chi connectivity index (χ0v) is 14.5. The summed E-state index contributed by atoms with van der Waals surface area (Å²) in [6, 6.07) is 12.0. The zero-order chi connectivity index (χ0) is 17.6. The van der Waals surface area contributed by atoms with Gasteiger partial charge in [0.05, 0.1) is 11.2 Å². The van der Waals surface area contributed by atoms with Crippen LogP contribution in [-0.4, -0.2) is 21.7 Å². The topological polar surface area (TPSA) is 62.7 Å². The largest absolute Gasteiger partial charge is 0.368 e. The molecule has 0 fully saturated rings. The Morgan fingerprint density at radius 3 is 2.76 bits per heavy atom. The van der Waals surface area contributed by atoms with Crippen LogP contribution in [0.15, 0.2) is 48.7 Å². The van der Waals surface area contributed by atoms with Crippen molar-refractivity contribution in [3.8, 4) is 0 Å². The van der Waals surface area contributed by atoms with E-state index in [0.29, 0.717) is 23.1 Å². The van der Waals surface area contributed by atoms with Crippen LogP contribution in [0, 0.1) is 5.82 Å². The van der Waals surface area contributed by atoms with Crippen molar-refractivity contribution in [2.24, 2.45) is 0 Å². The number of hydrogen-bond acceptors (Lipinski definition) is 5. The third-order valence-corrected chi connectivity index (χ3v) is 3.87. The van der Waals surface area contributed by atoms with Gasteiger partial charge in [0, 0.05) is 17.3 Å². The van der Waals surface area contributed by atoms with Gasteiger partial charge in [-0.3, -0.25) is 0 Å². The highest BCUT2D eigenvalue weighted by molar-refractivity contribution is 6.31. The molecule has 0 radical (unpaired) electrons. The standard InChI is InChI=1S/C17H14Cl2FN5/c18-12-3-1-2-11(8-12)6-7-21-16-10-22-25-17(24-16)23-13-4-5-15(20)14(19)9-13/h1-5,8-10H,6-7H2,(H2,21,23,24,25). The third kappa shape index (κ3) is 5.01. The molecule has 25 heavy (non-hydrogen) atoms. The highest BCUT2D eigenvalue weighted by Gasteiger charge is 2.04. The van der Waals surface area contributed by atoms with Crippen LogP contribution in [0.3, 0.4) is 0 Å². The average Bonchev–Trinajstić information content (AvgIpc) is 2.59. The summed E-state index contributed by atoms with van der Waals surface area (Å²) in [6.45, 7) is 0.668. The van der Waals surface area contributed by atoms with E-state index >= 15 is 0 Å². The Kier molecular flexibility index (Phi) is 5.63. The molecular formula is C17H14Cl2FN5. The van der Waals surface area contributed by atoms with Crippen molar-refractivity contribution in [1.29, 1.82) is 0 Å². The van der Waals surface area contributed by atoms with Gasteiger partial charge in [0.15, 0.2) is 5.82 Å². The molecule has 0 atom stereocenters. The fourth-order valence-corrected chi connectivity index (χ4v) is 2.57. The van der Waals surface area contributed by atoms with Gasteiger partial charge in [-0.15, -0.1) is 5.10 Å². The molecule has 128 valence electrons. The van der Waals surface area contributed by atoms with E-state index in [0.717, 1.165) is 12.0 Å². The van der Waals surface area contributed by atoms with Crippen LogP contribution in [0.2, 0.25) is 10.0 Å². The highest BCUT2D eigenvalue weighted by atomic mass is 35.5. The van der Waals surface area contributed by atoms with Gasteiger partial charge in [-0.1, -0.05) is 35.3 Å². The smallest absolute Gasteiger partial charge is 0.249 e. The van der Waals surface area contributed by atoms with Gasteiger partial charge in [0.25, 0.3) is 0 Å². The van der Waals surface area contributed by atoms with Gasteiger partial charge in [0.1, 0.15) is 5.82 Å². The molecule has 0 aliphatic carbocycles. The normalized spacial score (nSPS) is 10.5. The summed E-state index contributed by atoms with van der Waals surface area (Å²) in [5.41, 5.74) is 1.70. The van der Waals surface area contributed by atoms with Crippen LogP contribution in [0.1, 0.15) is 5.56 Å². The molecule has 0 spiro atoms. The first kappa shape index (κ1) is 17.4. The van der Waals surface area contributed by atoms with Gasteiger partial charge >= 0.3 is 0 Å². The summed E-state index contributed by atoms with van der Waals surface area (Å²) in [4.78, 5) is 4.31. The van der Waals surface area contributed by atoms with Crippen LogP contribution in [0.25, 0.3) is 0 Å². The first-order valence-electron chi connectivity index (χ1n) is 7.50. The van der Waals surface area contributed by atoms with E-state index in [-0.39, 0.29) is 11.0 Å². The third-order valence-electron chi connectivity index (χ3n) is 3.34. The Hall–Kier alpha value is -2.44. The van der Waals surface area contributed by atoms with Crippen LogP contribution < -0.4 is 10.6 Å². The Morgan fingerprint density at radius 2 is 1.96 bits per heavy atom. The lowest BCUT2D eigenvalue weighted by atomic mass is 10.1. The molecule has 0 bridgehead atoms. The summed E-state index contributed by atoms with van der Waals surface area (Å²) in [7, 11) is 0. The number of hydrogen-bond donors (Lipinski definition) is 2. The van der Waals surface area contributed by atoms with Gasteiger partial charge in [0.2, 0.25) is 5.95 Å². The predicted molar refractivity (Wildman–Crippen MR) is 98.2 cm³/mol. The quantitative estimate of drug-likeness (QED) is 0.650. The van der Waals surface area contributed by atoms with Crippen molar-refractivity contribution in [2.45, 2.75) is 6.42 Å². The molecule has 0 amide bonds. The van der Waals surface area contributed by atoms with Gasteiger partial charge in [-0.05, 0) is 42.3 Å². The minimum atomic E-state index is -0.484. The minimum Gasteiger partial charge on any atom is -0.368 e. The van der Waals surface area contributed by atoms with E-state index < -0.39 is 5.82 Å². The van der Waals surface area contributed by atoms with Crippen molar-refractivity contribution in [3.63, 3.8) is 0 Å². The fourth-order valence-electron chi connectivity index (χ4n) is 2.17. The Morgan fingerprint density at radius 1 is 1.08 bits per heavy atom. The first-order chi connectivity index (χ1) is 12.1. The number of nitrogens with zero attached hydrogens (tertiary/aromatic N) is 3. The molecule has 0 saturated heterocycles. The first-order valence-corrected chi connectivity index (χ1v) is 8.26. The van der Waals surface area contributed by atoms with E-state index in [1.54, 1.807) is 6.07 Å². The number of benzene rings is 2. The number of aromatic nitrogens is 3. The highest BCUT2D eigenvalue weighted by Crippen LogP contribution is 2.21. The van der Waals surface area contributed by atoms with Crippen molar-refractivity contribution < 1.29 is 4.39 Å². The van der Waals surface area contributed by atoms with Crippen LogP contribution in [-0.2, 0) is 6.42 Å². The van der Waals surface area contributed by atoms with E-state index in [1.165, 1.54) is 18.3 Å². The Bertz CT molecular complexity index is 875. The lowest BCUT2D eigenvalue weighted by Gasteiger charge is -2.08. The Labute approximate surface area is 154 Å². The predicted octanol–water partition coefficient (Wildman–Crippen LogP) is 4.72. The van der Waals surface area contributed by atoms with E-state index in [4.69, 9.17) is 23.2 Å². The van der Waals surface area contributed by atoms with Gasteiger partial charge in [-0.25, -0.2) is 4.39 Å². The molecule has 0 aliphatic rings. The molecule has 2 aromatic carbocycles. The zero-order valence-electron chi connectivity index (χ0n) is 13.0. The van der Waals surface area contributed by atoms with Gasteiger partial charge < -0.3 is 10.6 Å². The summed E-state index contributed by atoms with van der Waals surface area (Å²) in [5.74, 6) is 0.380. The second-order valence-corrected chi connectivity index (χ2v) is 6.07. The molecule has 0 aliphatic heterocycles. The maximum Gasteiger partial charge on any atom is 0.249 e. The molecule has 1 aromatic heterocycles. The lowest BCUT2D eigenvalue weighted by molar-refractivity contribution is 0.628. The monoisotopic (exact) mass is 377 g/mol. The fraction of sp³-hybridized carbons (Fsp3) is 0.118. The van der Waals surface area contributed by atoms with Crippen LogP contribution in [0.5, 0.6) is 0 Å². The van der Waals surface area contributed by atoms with E-state index in [2.05, 4.69) is 25.8 Å². The van der Waals surface area contributed by atoms with E-state index in [1.807, 2.05) is 24.3 Å². The summed E-state index contributed by atoms with van der Waals surface area (Å²) in [5, 5.41) is 14.6. The molecule has 0 saturated carbocycles. The van der Waals surface area contributed by atoms with Crippen LogP contribution >= 0.6 is 23.2 Å². The van der Waals surface area contributed by atoms with Crippen LogP contribution in [0.4, 0.5) is 21.8 Å². The van der Waals surface area contributed by atoms with Crippen molar-refractivity contribution in [2.75, 3.05) is 17.2 Å². The second-order valence-electron chi connectivity index (χ2n) is 5.23. The molecule has 3 aromatic rings. The van der Waals surface area contributed by atoms with E-state index in [9.17, 15) is 4.39 Å². The molecule has 5 nitrogen and oxygen atoms in total. The van der Waals surface area contributed by atoms with Crippen molar-refractivity contribution in [1.82, 2.24) is 15.2 Å². The number of rotatable bonds is 6.